The van der Waals surface area contributed by atoms with E-state index in [1.165, 1.54) is 36.0 Å². The first-order valence-electron chi connectivity index (χ1n) is 7.60. The highest BCUT2D eigenvalue weighted by Gasteiger charge is 2.15. The molecular weight excluding hydrogens is 343 g/mol. The van der Waals surface area contributed by atoms with Gasteiger partial charge in [0, 0.05) is 11.4 Å². The summed E-state index contributed by atoms with van der Waals surface area (Å²) in [5, 5.41) is 5.01. The van der Waals surface area contributed by atoms with Gasteiger partial charge >= 0.3 is 0 Å². The second kappa shape index (κ2) is 9.08. The van der Waals surface area contributed by atoms with Crippen molar-refractivity contribution in [3.05, 3.63) is 54.3 Å². The molecule has 7 heteroatoms. The molecule has 0 saturated heterocycles. The second-order valence-electron chi connectivity index (χ2n) is 5.23. The lowest BCUT2D eigenvalue weighted by Crippen LogP contribution is -2.25. The van der Waals surface area contributed by atoms with Crippen molar-refractivity contribution in [1.29, 1.82) is 0 Å². The van der Waals surface area contributed by atoms with Crippen LogP contribution in [0.2, 0.25) is 0 Å². The number of amides is 2. The van der Waals surface area contributed by atoms with Gasteiger partial charge in [-0.2, -0.15) is 0 Å². The fourth-order valence-corrected chi connectivity index (χ4v) is 2.61. The van der Waals surface area contributed by atoms with Gasteiger partial charge in [-0.3, -0.25) is 9.59 Å². The van der Waals surface area contributed by atoms with Crippen LogP contribution < -0.4 is 15.4 Å². The van der Waals surface area contributed by atoms with E-state index in [9.17, 15) is 14.0 Å². The molecule has 2 amide bonds. The first kappa shape index (κ1) is 18.8. The molecular formula is C18H19FN2O3S. The molecule has 2 aromatic rings. The highest BCUT2D eigenvalue weighted by atomic mass is 32.2. The minimum Gasteiger partial charge on any atom is -0.497 e. The number of thioether (sulfide) groups is 1. The summed E-state index contributed by atoms with van der Waals surface area (Å²) in [7, 11) is 1.57. The largest absolute Gasteiger partial charge is 0.497 e. The Morgan fingerprint density at radius 1 is 1.04 bits per heavy atom. The van der Waals surface area contributed by atoms with Crippen molar-refractivity contribution in [2.45, 2.75) is 12.2 Å². The summed E-state index contributed by atoms with van der Waals surface area (Å²) < 4.78 is 17.9. The minimum absolute atomic E-state index is 0.143. The van der Waals surface area contributed by atoms with Crippen molar-refractivity contribution < 1.29 is 18.7 Å². The molecule has 2 N–H and O–H groups in total. The molecule has 0 bridgehead atoms. The third kappa shape index (κ3) is 6.11. The lowest BCUT2D eigenvalue weighted by molar-refractivity contribution is -0.115. The van der Waals surface area contributed by atoms with Gasteiger partial charge in [-0.15, -0.1) is 11.8 Å². The van der Waals surface area contributed by atoms with Crippen LogP contribution in [-0.4, -0.2) is 29.9 Å². The fraction of sp³-hybridized carbons (Fsp3) is 0.222. The van der Waals surface area contributed by atoms with Crippen LogP contribution in [0.5, 0.6) is 5.75 Å². The van der Waals surface area contributed by atoms with Gasteiger partial charge in [-0.25, -0.2) is 4.39 Å². The molecule has 0 fully saturated rings. The average Bonchev–Trinajstić information content (AvgIpc) is 2.62. The van der Waals surface area contributed by atoms with E-state index in [2.05, 4.69) is 10.6 Å². The average molecular weight is 362 g/mol. The van der Waals surface area contributed by atoms with Crippen LogP contribution in [0.4, 0.5) is 15.8 Å². The molecule has 0 aromatic heterocycles. The molecule has 0 radical (unpaired) electrons. The highest BCUT2D eigenvalue weighted by molar-refractivity contribution is 8.01. The van der Waals surface area contributed by atoms with Gasteiger partial charge in [0.05, 0.1) is 18.1 Å². The molecule has 5 nitrogen and oxygen atoms in total. The Bertz CT molecular complexity index is 720. The molecule has 2 aromatic carbocycles. The van der Waals surface area contributed by atoms with Gasteiger partial charge in [0.1, 0.15) is 11.6 Å². The van der Waals surface area contributed by atoms with Crippen LogP contribution >= 0.6 is 11.8 Å². The Kier molecular flexibility index (Phi) is 6.82. The Balaban J connectivity index is 1.77. The predicted octanol–water partition coefficient (Wildman–Crippen LogP) is 3.53. The number of hydrogen-bond donors (Lipinski definition) is 2. The Labute approximate surface area is 150 Å². The van der Waals surface area contributed by atoms with Crippen LogP contribution in [0.3, 0.4) is 0 Å². The summed E-state index contributed by atoms with van der Waals surface area (Å²) in [5.74, 6) is 0.0452. The number of anilines is 2. The zero-order valence-electron chi connectivity index (χ0n) is 13.9. The molecule has 0 aliphatic rings. The summed E-state index contributed by atoms with van der Waals surface area (Å²) in [6.07, 6.45) is 0. The number of ether oxygens (including phenoxy) is 1. The quantitative estimate of drug-likeness (QED) is 0.791. The maximum atomic E-state index is 12.8. The third-order valence-corrected chi connectivity index (χ3v) is 4.46. The van der Waals surface area contributed by atoms with E-state index >= 15 is 0 Å². The highest BCUT2D eigenvalue weighted by Crippen LogP contribution is 2.17. The number of hydrogen-bond acceptors (Lipinski definition) is 4. The molecule has 1 unspecified atom stereocenters. The lowest BCUT2D eigenvalue weighted by Gasteiger charge is -2.12. The molecule has 0 aliphatic heterocycles. The summed E-state index contributed by atoms with van der Waals surface area (Å²) in [6.45, 7) is 1.71. The number of halogens is 1. The van der Waals surface area contributed by atoms with Crippen LogP contribution in [0.25, 0.3) is 0 Å². The number of carbonyl (C=O) groups excluding carboxylic acids is 2. The maximum Gasteiger partial charge on any atom is 0.237 e. The van der Waals surface area contributed by atoms with Gasteiger partial charge in [-0.1, -0.05) is 0 Å². The van der Waals surface area contributed by atoms with Crippen molar-refractivity contribution in [2.75, 3.05) is 23.5 Å². The summed E-state index contributed by atoms with van der Waals surface area (Å²) in [5.41, 5.74) is 1.18. The lowest BCUT2D eigenvalue weighted by atomic mass is 10.3. The van der Waals surface area contributed by atoms with E-state index in [4.69, 9.17) is 4.74 Å². The zero-order valence-corrected chi connectivity index (χ0v) is 14.7. The Morgan fingerprint density at radius 3 is 2.20 bits per heavy atom. The molecule has 132 valence electrons. The Hall–Kier alpha value is -2.54. The first-order chi connectivity index (χ1) is 12.0. The van der Waals surface area contributed by atoms with Crippen molar-refractivity contribution in [2.24, 2.45) is 0 Å². The molecule has 0 spiro atoms. The second-order valence-corrected chi connectivity index (χ2v) is 6.56. The number of methoxy groups -OCH3 is 1. The van der Waals surface area contributed by atoms with E-state index in [1.54, 1.807) is 38.3 Å². The monoisotopic (exact) mass is 362 g/mol. The van der Waals surface area contributed by atoms with Crippen LogP contribution in [-0.2, 0) is 9.59 Å². The van der Waals surface area contributed by atoms with Crippen molar-refractivity contribution in [3.63, 3.8) is 0 Å². The Morgan fingerprint density at radius 2 is 1.60 bits per heavy atom. The predicted molar refractivity (Wildman–Crippen MR) is 98.6 cm³/mol. The van der Waals surface area contributed by atoms with Crippen molar-refractivity contribution in [1.82, 2.24) is 0 Å². The SMILES string of the molecule is COc1ccc(NC(=O)CSC(C)C(=O)Nc2ccc(F)cc2)cc1. The van der Waals surface area contributed by atoms with Gasteiger partial charge in [0.15, 0.2) is 0 Å². The van der Waals surface area contributed by atoms with E-state index in [0.29, 0.717) is 17.1 Å². The number of rotatable bonds is 7. The maximum absolute atomic E-state index is 12.8. The normalized spacial score (nSPS) is 11.5. The number of carbonyl (C=O) groups is 2. The fourth-order valence-electron chi connectivity index (χ4n) is 1.92. The zero-order chi connectivity index (χ0) is 18.2. The molecule has 0 aliphatic carbocycles. The minimum atomic E-state index is -0.424. The summed E-state index contributed by atoms with van der Waals surface area (Å²) in [6, 6.07) is 12.5. The number of nitrogens with one attached hydrogen (secondary N) is 2. The van der Waals surface area contributed by atoms with Gasteiger partial charge in [0.25, 0.3) is 0 Å². The van der Waals surface area contributed by atoms with Gasteiger partial charge in [0.2, 0.25) is 11.8 Å². The molecule has 2 rings (SSSR count). The molecule has 0 saturated carbocycles. The summed E-state index contributed by atoms with van der Waals surface area (Å²) in [4.78, 5) is 24.0. The van der Waals surface area contributed by atoms with Crippen LogP contribution in [0.1, 0.15) is 6.92 Å². The van der Waals surface area contributed by atoms with Gasteiger partial charge < -0.3 is 15.4 Å². The molecule has 1 atom stereocenters. The topological polar surface area (TPSA) is 67.4 Å². The van der Waals surface area contributed by atoms with Crippen LogP contribution in [0, 0.1) is 5.82 Å². The smallest absolute Gasteiger partial charge is 0.237 e. The van der Waals surface area contributed by atoms with E-state index in [1.807, 2.05) is 0 Å². The molecule has 0 heterocycles. The third-order valence-electron chi connectivity index (χ3n) is 3.32. The summed E-state index contributed by atoms with van der Waals surface area (Å²) >= 11 is 1.22. The van der Waals surface area contributed by atoms with E-state index < -0.39 is 5.25 Å². The first-order valence-corrected chi connectivity index (χ1v) is 8.65. The van der Waals surface area contributed by atoms with E-state index in [-0.39, 0.29) is 23.4 Å². The van der Waals surface area contributed by atoms with Crippen molar-refractivity contribution in [3.8, 4) is 5.75 Å². The van der Waals surface area contributed by atoms with E-state index in [0.717, 1.165) is 0 Å². The van der Waals surface area contributed by atoms with Crippen LogP contribution in [0.15, 0.2) is 48.5 Å². The molecule has 25 heavy (non-hydrogen) atoms. The number of benzene rings is 2. The van der Waals surface area contributed by atoms with Gasteiger partial charge in [-0.05, 0) is 55.5 Å². The standard InChI is InChI=1S/C18H19FN2O3S/c1-12(18(23)21-15-5-3-13(19)4-6-15)25-11-17(22)20-14-7-9-16(24-2)10-8-14/h3-10,12H,11H2,1-2H3,(H,20,22)(H,21,23). The van der Waals surface area contributed by atoms with Crippen molar-refractivity contribution >= 4 is 35.0 Å².